The number of hydrogen-bond donors (Lipinski definition) is 0. The van der Waals surface area contributed by atoms with E-state index in [1.807, 2.05) is 0 Å². The predicted octanol–water partition coefficient (Wildman–Crippen LogP) is 2.21. The van der Waals surface area contributed by atoms with Gasteiger partial charge in [0.2, 0.25) is 0 Å². The monoisotopic (exact) mass is 321 g/mol. The molecule has 1 aromatic carbocycles. The van der Waals surface area contributed by atoms with Gasteiger partial charge in [0.25, 0.3) is 0 Å². The van der Waals surface area contributed by atoms with E-state index in [1.54, 1.807) is 11.7 Å². The summed E-state index contributed by atoms with van der Waals surface area (Å²) in [5.41, 5.74) is 0.276. The first kappa shape index (κ1) is 14.6. The van der Waals surface area contributed by atoms with Crippen molar-refractivity contribution < 1.29 is 13.5 Å². The number of aryl methyl sites for hydroxylation is 1. The van der Waals surface area contributed by atoms with Crippen LogP contribution in [0.4, 0.5) is 8.78 Å². The number of benzene rings is 1. The molecule has 2 aliphatic rings. The van der Waals surface area contributed by atoms with E-state index < -0.39 is 11.6 Å². The Balaban J connectivity index is 1.69. The van der Waals surface area contributed by atoms with Gasteiger partial charge in [-0.3, -0.25) is 4.57 Å². The second kappa shape index (κ2) is 5.26. The van der Waals surface area contributed by atoms with Crippen molar-refractivity contribution in [3.8, 4) is 0 Å². The van der Waals surface area contributed by atoms with Gasteiger partial charge in [0, 0.05) is 19.6 Å². The first-order valence-corrected chi connectivity index (χ1v) is 7.75. The second-order valence-electron chi connectivity index (χ2n) is 6.25. The van der Waals surface area contributed by atoms with Gasteiger partial charge in [0.05, 0.1) is 18.2 Å². The van der Waals surface area contributed by atoms with Gasteiger partial charge in [0.1, 0.15) is 17.5 Å². The zero-order chi connectivity index (χ0) is 16.1. The molecule has 0 N–H and O–H groups in total. The first-order valence-electron chi connectivity index (χ1n) is 7.75. The van der Waals surface area contributed by atoms with Crippen LogP contribution < -0.4 is 5.69 Å². The molecule has 5 nitrogen and oxygen atoms in total. The van der Waals surface area contributed by atoms with Crippen LogP contribution in [0.15, 0.2) is 23.0 Å². The highest BCUT2D eigenvalue weighted by molar-refractivity contribution is 5.24. The summed E-state index contributed by atoms with van der Waals surface area (Å²) in [5, 5.41) is 4.43. The van der Waals surface area contributed by atoms with Crippen LogP contribution in [0, 0.1) is 11.6 Å². The third-order valence-corrected chi connectivity index (χ3v) is 4.88. The molecule has 0 bridgehead atoms. The Bertz CT molecular complexity index is 788. The van der Waals surface area contributed by atoms with E-state index in [-0.39, 0.29) is 23.9 Å². The van der Waals surface area contributed by atoms with Gasteiger partial charge in [-0.25, -0.2) is 18.3 Å². The third kappa shape index (κ3) is 2.30. The maximum atomic E-state index is 13.5. The Kier molecular flexibility index (Phi) is 3.33. The third-order valence-electron chi connectivity index (χ3n) is 4.88. The molecule has 1 fully saturated rings. The largest absolute Gasteiger partial charge is 0.381 e. The molecule has 2 aromatic rings. The molecule has 4 rings (SSSR count). The number of fused-ring (bicyclic) bond motifs is 1. The normalized spacial score (nSPS) is 26.1. The molecule has 0 saturated heterocycles. The van der Waals surface area contributed by atoms with E-state index in [9.17, 15) is 13.6 Å². The quantitative estimate of drug-likeness (QED) is 0.871. The van der Waals surface area contributed by atoms with E-state index in [0.717, 1.165) is 18.9 Å². The van der Waals surface area contributed by atoms with E-state index in [1.165, 1.54) is 16.8 Å². The summed E-state index contributed by atoms with van der Waals surface area (Å²) in [6.07, 6.45) is 2.98. The Morgan fingerprint density at radius 3 is 2.57 bits per heavy atom. The molecule has 7 heteroatoms. The second-order valence-corrected chi connectivity index (χ2v) is 6.25. The maximum absolute atomic E-state index is 13.5. The van der Waals surface area contributed by atoms with Crippen LogP contribution in [0.2, 0.25) is 0 Å². The molecule has 122 valence electrons. The SMILES string of the molecule is COC1CC(n2nc3n(c2=O)C(c2cc(F)cc(F)c2)CC3)C1. The molecule has 23 heavy (non-hydrogen) atoms. The molecule has 1 atom stereocenters. The van der Waals surface area contributed by atoms with Crippen LogP contribution in [0.5, 0.6) is 0 Å². The highest BCUT2D eigenvalue weighted by Gasteiger charge is 2.36. The lowest BCUT2D eigenvalue weighted by atomic mass is 9.89. The summed E-state index contributed by atoms with van der Waals surface area (Å²) >= 11 is 0. The fourth-order valence-corrected chi connectivity index (χ4v) is 3.57. The molecule has 1 aliphatic heterocycles. The number of ether oxygens (including phenoxy) is 1. The average Bonchev–Trinajstić information content (AvgIpc) is 2.98. The molecule has 0 radical (unpaired) electrons. The van der Waals surface area contributed by atoms with Crippen LogP contribution in [-0.2, 0) is 11.2 Å². The van der Waals surface area contributed by atoms with Crippen molar-refractivity contribution in [1.82, 2.24) is 14.3 Å². The topological polar surface area (TPSA) is 49.0 Å². The Morgan fingerprint density at radius 2 is 1.91 bits per heavy atom. The number of rotatable bonds is 3. The fraction of sp³-hybridized carbons (Fsp3) is 0.500. The molecule has 1 aliphatic carbocycles. The molecular formula is C16H17F2N3O2. The lowest BCUT2D eigenvalue weighted by Gasteiger charge is -2.33. The van der Waals surface area contributed by atoms with Gasteiger partial charge < -0.3 is 4.74 Å². The zero-order valence-electron chi connectivity index (χ0n) is 12.7. The van der Waals surface area contributed by atoms with Gasteiger partial charge in [-0.1, -0.05) is 0 Å². The van der Waals surface area contributed by atoms with Crippen molar-refractivity contribution in [2.75, 3.05) is 7.11 Å². The van der Waals surface area contributed by atoms with Gasteiger partial charge in [-0.2, -0.15) is 5.10 Å². The minimum absolute atomic E-state index is 0.0513. The molecule has 0 spiro atoms. The zero-order valence-corrected chi connectivity index (χ0v) is 12.7. The standard InChI is InChI=1S/C16H17F2N3O2/c1-23-13-7-12(8-13)21-16(22)20-14(2-3-15(20)19-21)9-4-10(17)6-11(18)5-9/h4-6,12-14H,2-3,7-8H2,1H3. The minimum Gasteiger partial charge on any atom is -0.381 e. The summed E-state index contributed by atoms with van der Waals surface area (Å²) in [5.74, 6) is -0.572. The first-order chi connectivity index (χ1) is 11.1. The Hall–Kier alpha value is -2.02. The summed E-state index contributed by atoms with van der Waals surface area (Å²) in [6, 6.07) is 3.11. The number of aromatic nitrogens is 3. The van der Waals surface area contributed by atoms with Crippen molar-refractivity contribution in [1.29, 1.82) is 0 Å². The van der Waals surface area contributed by atoms with Crippen LogP contribution in [0.25, 0.3) is 0 Å². The Labute approximate surface area is 131 Å². The van der Waals surface area contributed by atoms with Crippen molar-refractivity contribution >= 4 is 0 Å². The van der Waals surface area contributed by atoms with Crippen molar-refractivity contribution in [3.63, 3.8) is 0 Å². The number of nitrogens with zero attached hydrogens (tertiary/aromatic N) is 3. The lowest BCUT2D eigenvalue weighted by molar-refractivity contribution is 0.00102. The van der Waals surface area contributed by atoms with Crippen LogP contribution in [0.1, 0.15) is 42.7 Å². The highest BCUT2D eigenvalue weighted by atomic mass is 19.1. The van der Waals surface area contributed by atoms with Crippen LogP contribution in [-0.4, -0.2) is 27.6 Å². The fourth-order valence-electron chi connectivity index (χ4n) is 3.57. The van der Waals surface area contributed by atoms with Gasteiger partial charge in [-0.15, -0.1) is 0 Å². The smallest absolute Gasteiger partial charge is 0.346 e. The van der Waals surface area contributed by atoms with Crippen molar-refractivity contribution in [2.24, 2.45) is 0 Å². The number of halogens is 2. The highest BCUT2D eigenvalue weighted by Crippen LogP contribution is 2.35. The van der Waals surface area contributed by atoms with E-state index in [2.05, 4.69) is 5.10 Å². The predicted molar refractivity (Wildman–Crippen MR) is 78.4 cm³/mol. The lowest BCUT2D eigenvalue weighted by Crippen LogP contribution is -2.39. The minimum atomic E-state index is -0.629. The summed E-state index contributed by atoms with van der Waals surface area (Å²) in [7, 11) is 1.66. The van der Waals surface area contributed by atoms with Crippen LogP contribution in [0.3, 0.4) is 0 Å². The maximum Gasteiger partial charge on any atom is 0.346 e. The van der Waals surface area contributed by atoms with Gasteiger partial charge >= 0.3 is 5.69 Å². The van der Waals surface area contributed by atoms with Gasteiger partial charge in [-0.05, 0) is 37.0 Å². The molecule has 1 aromatic heterocycles. The molecule has 2 heterocycles. The van der Waals surface area contributed by atoms with Crippen LogP contribution >= 0.6 is 0 Å². The summed E-state index contributed by atoms with van der Waals surface area (Å²) < 4.78 is 35.3. The molecular weight excluding hydrogens is 304 g/mol. The Morgan fingerprint density at radius 1 is 1.22 bits per heavy atom. The molecule has 1 unspecified atom stereocenters. The molecule has 0 amide bonds. The van der Waals surface area contributed by atoms with Crippen molar-refractivity contribution in [2.45, 2.75) is 43.9 Å². The number of hydrogen-bond acceptors (Lipinski definition) is 3. The van der Waals surface area contributed by atoms with Gasteiger partial charge in [0.15, 0.2) is 0 Å². The molecule has 1 saturated carbocycles. The summed E-state index contributed by atoms with van der Waals surface area (Å²) in [4.78, 5) is 12.7. The average molecular weight is 321 g/mol. The van der Waals surface area contributed by atoms with E-state index in [0.29, 0.717) is 24.2 Å². The number of methoxy groups -OCH3 is 1. The van der Waals surface area contributed by atoms with E-state index >= 15 is 0 Å². The van der Waals surface area contributed by atoms with Crippen molar-refractivity contribution in [3.05, 3.63) is 51.7 Å². The van der Waals surface area contributed by atoms with E-state index in [4.69, 9.17) is 4.74 Å². The summed E-state index contributed by atoms with van der Waals surface area (Å²) in [6.45, 7) is 0.